The largest absolute Gasteiger partial charge is 0.418 e. The van der Waals surface area contributed by atoms with Crippen molar-refractivity contribution in [3.8, 4) is 0 Å². The number of hydrogen-bond acceptors (Lipinski definition) is 3. The lowest BCUT2D eigenvalue weighted by Crippen LogP contribution is -2.26. The number of H-pyrrole nitrogens is 1. The molecule has 0 aliphatic carbocycles. The number of fused-ring (bicyclic) bond motifs is 1. The molecule has 0 saturated heterocycles. The molecule has 0 bridgehead atoms. The minimum atomic E-state index is -4.54. The van der Waals surface area contributed by atoms with Crippen LogP contribution in [0, 0.1) is 0 Å². The number of alkyl halides is 3. The van der Waals surface area contributed by atoms with Gasteiger partial charge in [0.25, 0.3) is 0 Å². The van der Waals surface area contributed by atoms with Gasteiger partial charge in [0.15, 0.2) is 0 Å². The highest BCUT2D eigenvalue weighted by molar-refractivity contribution is 5.85. The molecule has 1 heterocycles. The van der Waals surface area contributed by atoms with Crippen LogP contribution in [0.15, 0.2) is 18.2 Å². The topological polar surface area (TPSA) is 82.3 Å². The maximum absolute atomic E-state index is 12.7. The van der Waals surface area contributed by atoms with Gasteiger partial charge in [-0.1, -0.05) is 0 Å². The van der Waals surface area contributed by atoms with Crippen molar-refractivity contribution in [1.82, 2.24) is 4.98 Å². The Bertz CT molecular complexity index is 617. The Morgan fingerprint density at radius 2 is 1.89 bits per heavy atom. The Morgan fingerprint density at radius 1 is 1.26 bits per heavy atom. The molecule has 1 unspecified atom stereocenters. The van der Waals surface area contributed by atoms with Crippen molar-refractivity contribution in [1.29, 1.82) is 0 Å². The predicted molar refractivity (Wildman–Crippen MR) is 64.4 cm³/mol. The summed E-state index contributed by atoms with van der Waals surface area (Å²) < 4.78 is 38.1. The van der Waals surface area contributed by atoms with Crippen LogP contribution in [-0.2, 0) is 11.8 Å². The second-order valence-corrected chi connectivity index (χ2v) is 4.64. The first-order valence-electron chi connectivity index (χ1n) is 5.48. The zero-order chi connectivity index (χ0) is 14.4. The second kappa shape index (κ2) is 4.14. The molecule has 0 aliphatic heterocycles. The number of hydrogen-bond donors (Lipinski definition) is 4. The molecule has 0 saturated carbocycles. The number of aromatic amines is 1. The Hall–Kier alpha value is -1.73. The standard InChI is InChI=1S/C12H13F3N2O2/c1-11(19,5-18)10-3-6-2-8(16)7(12(13,14)15)4-9(6)17-10/h2-4,17-19H,5,16H2,1H3. The van der Waals surface area contributed by atoms with E-state index in [1.54, 1.807) is 0 Å². The van der Waals surface area contributed by atoms with Gasteiger partial charge in [-0.3, -0.25) is 0 Å². The molecule has 104 valence electrons. The van der Waals surface area contributed by atoms with Crippen LogP contribution >= 0.6 is 0 Å². The van der Waals surface area contributed by atoms with Gasteiger partial charge in [-0.2, -0.15) is 13.2 Å². The maximum Gasteiger partial charge on any atom is 0.418 e. The number of aliphatic hydroxyl groups excluding tert-OH is 1. The molecule has 4 nitrogen and oxygen atoms in total. The van der Waals surface area contributed by atoms with Crippen molar-refractivity contribution in [2.75, 3.05) is 12.3 Å². The Kier molecular flexibility index (Phi) is 2.98. The number of benzene rings is 1. The van der Waals surface area contributed by atoms with Gasteiger partial charge < -0.3 is 20.9 Å². The summed E-state index contributed by atoms with van der Waals surface area (Å²) in [6.45, 7) is 0.799. The van der Waals surface area contributed by atoms with Crippen LogP contribution in [0.5, 0.6) is 0 Å². The van der Waals surface area contributed by atoms with Crippen molar-refractivity contribution in [3.05, 3.63) is 29.5 Å². The van der Waals surface area contributed by atoms with E-state index in [-0.39, 0.29) is 16.9 Å². The second-order valence-electron chi connectivity index (χ2n) is 4.64. The van der Waals surface area contributed by atoms with Crippen molar-refractivity contribution < 1.29 is 23.4 Å². The van der Waals surface area contributed by atoms with E-state index in [1.807, 2.05) is 0 Å². The van der Waals surface area contributed by atoms with Crippen molar-refractivity contribution in [2.24, 2.45) is 0 Å². The first-order chi connectivity index (χ1) is 8.65. The zero-order valence-corrected chi connectivity index (χ0v) is 10.0. The fourth-order valence-electron chi connectivity index (χ4n) is 1.82. The molecule has 7 heteroatoms. The monoisotopic (exact) mass is 274 g/mol. The van der Waals surface area contributed by atoms with E-state index in [9.17, 15) is 18.3 Å². The summed E-state index contributed by atoms with van der Waals surface area (Å²) in [7, 11) is 0. The third kappa shape index (κ3) is 2.39. The molecule has 1 aromatic heterocycles. The minimum Gasteiger partial charge on any atom is -0.398 e. The van der Waals surface area contributed by atoms with E-state index in [0.717, 1.165) is 6.07 Å². The van der Waals surface area contributed by atoms with Gasteiger partial charge >= 0.3 is 6.18 Å². The van der Waals surface area contributed by atoms with Crippen LogP contribution in [0.3, 0.4) is 0 Å². The van der Waals surface area contributed by atoms with Crippen molar-refractivity contribution in [3.63, 3.8) is 0 Å². The molecular formula is C12H13F3N2O2. The summed E-state index contributed by atoms with van der Waals surface area (Å²) >= 11 is 0. The van der Waals surface area contributed by atoms with Crippen LogP contribution in [0.4, 0.5) is 18.9 Å². The molecule has 2 rings (SSSR count). The average molecular weight is 274 g/mol. The minimum absolute atomic E-state index is 0.199. The van der Waals surface area contributed by atoms with Gasteiger partial charge in [0.05, 0.1) is 17.9 Å². The van der Waals surface area contributed by atoms with Crippen LogP contribution < -0.4 is 5.73 Å². The van der Waals surface area contributed by atoms with Crippen LogP contribution in [0.1, 0.15) is 18.2 Å². The smallest absolute Gasteiger partial charge is 0.398 e. The quantitative estimate of drug-likeness (QED) is 0.632. The SMILES string of the molecule is CC(O)(CO)c1cc2cc(N)c(C(F)(F)F)cc2[nH]1. The third-order valence-electron chi connectivity index (χ3n) is 2.98. The first kappa shape index (κ1) is 13.7. The van der Waals surface area contributed by atoms with Gasteiger partial charge in [-0.05, 0) is 25.1 Å². The third-order valence-corrected chi connectivity index (χ3v) is 2.98. The van der Waals surface area contributed by atoms with Gasteiger partial charge in [0.1, 0.15) is 5.60 Å². The number of rotatable bonds is 2. The molecule has 0 amide bonds. The molecule has 5 N–H and O–H groups in total. The molecule has 0 radical (unpaired) electrons. The molecule has 19 heavy (non-hydrogen) atoms. The van der Waals surface area contributed by atoms with E-state index in [1.165, 1.54) is 19.1 Å². The molecule has 2 aromatic rings. The van der Waals surface area contributed by atoms with E-state index in [4.69, 9.17) is 10.8 Å². The summed E-state index contributed by atoms with van der Waals surface area (Å²) in [6.07, 6.45) is -4.54. The molecule has 0 spiro atoms. The van der Waals surface area contributed by atoms with Crippen LogP contribution in [-0.4, -0.2) is 21.8 Å². The first-order valence-corrected chi connectivity index (χ1v) is 5.48. The Labute approximate surface area is 106 Å². The zero-order valence-electron chi connectivity index (χ0n) is 10.0. The predicted octanol–water partition coefficient (Wildman–Crippen LogP) is 1.97. The maximum atomic E-state index is 12.7. The van der Waals surface area contributed by atoms with Gasteiger partial charge in [0.2, 0.25) is 0 Å². The summed E-state index contributed by atoms with van der Waals surface area (Å²) in [5, 5.41) is 19.3. The fourth-order valence-corrected chi connectivity index (χ4v) is 1.82. The van der Waals surface area contributed by atoms with Crippen molar-refractivity contribution in [2.45, 2.75) is 18.7 Å². The van der Waals surface area contributed by atoms with Crippen LogP contribution in [0.25, 0.3) is 10.9 Å². The van der Waals surface area contributed by atoms with Gasteiger partial charge in [-0.25, -0.2) is 0 Å². The number of nitrogens with two attached hydrogens (primary N) is 1. The summed E-state index contributed by atoms with van der Waals surface area (Å²) in [6, 6.07) is 3.54. The fraction of sp³-hybridized carbons (Fsp3) is 0.333. The number of anilines is 1. The number of aromatic nitrogens is 1. The molecular weight excluding hydrogens is 261 g/mol. The lowest BCUT2D eigenvalue weighted by Gasteiger charge is -2.18. The van der Waals surface area contributed by atoms with Gasteiger partial charge in [-0.15, -0.1) is 0 Å². The van der Waals surface area contributed by atoms with Crippen molar-refractivity contribution >= 4 is 16.6 Å². The van der Waals surface area contributed by atoms with E-state index < -0.39 is 23.9 Å². The van der Waals surface area contributed by atoms with E-state index in [0.29, 0.717) is 5.39 Å². The summed E-state index contributed by atoms with van der Waals surface area (Å²) in [4.78, 5) is 2.66. The average Bonchev–Trinajstić information content (AvgIpc) is 2.70. The molecule has 0 fully saturated rings. The normalized spacial score (nSPS) is 15.7. The lowest BCUT2D eigenvalue weighted by molar-refractivity contribution is -0.136. The molecule has 1 atom stereocenters. The highest BCUT2D eigenvalue weighted by Crippen LogP contribution is 2.36. The Balaban J connectivity index is 2.62. The van der Waals surface area contributed by atoms with E-state index in [2.05, 4.69) is 4.98 Å². The van der Waals surface area contributed by atoms with E-state index >= 15 is 0 Å². The number of nitrogens with one attached hydrogen (secondary N) is 1. The van der Waals surface area contributed by atoms with Crippen LogP contribution in [0.2, 0.25) is 0 Å². The highest BCUT2D eigenvalue weighted by Gasteiger charge is 2.34. The number of aliphatic hydroxyl groups is 2. The lowest BCUT2D eigenvalue weighted by atomic mass is 10.0. The Morgan fingerprint density at radius 3 is 2.42 bits per heavy atom. The number of halogens is 3. The molecule has 1 aromatic carbocycles. The highest BCUT2D eigenvalue weighted by atomic mass is 19.4. The van der Waals surface area contributed by atoms with Gasteiger partial charge in [0, 0.05) is 16.6 Å². The number of nitrogen functional groups attached to an aromatic ring is 1. The summed E-state index contributed by atoms with van der Waals surface area (Å²) in [5.41, 5.74) is 2.94. The molecule has 0 aliphatic rings. The summed E-state index contributed by atoms with van der Waals surface area (Å²) in [5.74, 6) is 0.